The second-order valence-corrected chi connectivity index (χ2v) is 5.15. The molecule has 1 unspecified atom stereocenters. The van der Waals surface area contributed by atoms with Crippen LogP contribution in [0.15, 0.2) is 48.5 Å². The Morgan fingerprint density at radius 3 is 2.06 bits per heavy atom. The van der Waals surface area contributed by atoms with Crippen molar-refractivity contribution in [1.29, 1.82) is 0 Å². The quantitative estimate of drug-likeness (QED) is 0.716. The van der Waals surface area contributed by atoms with Gasteiger partial charge >= 0.3 is 0 Å². The van der Waals surface area contributed by atoms with Crippen molar-refractivity contribution in [3.63, 3.8) is 0 Å². The van der Waals surface area contributed by atoms with Crippen LogP contribution in [0.3, 0.4) is 0 Å². The second-order valence-electron chi connectivity index (χ2n) is 5.15. The molecule has 0 saturated carbocycles. The smallest absolute Gasteiger partial charge is 0.127 e. The number of aryl methyl sites for hydroxylation is 1. The molecule has 2 aromatic carbocycles. The molecule has 1 heteroatoms. The zero-order chi connectivity index (χ0) is 13.1. The van der Waals surface area contributed by atoms with Crippen molar-refractivity contribution in [3.8, 4) is 0 Å². The van der Waals surface area contributed by atoms with E-state index in [4.69, 9.17) is 0 Å². The monoisotopic (exact) mass is 242 g/mol. The number of benzene rings is 2. The SMILES string of the molecule is Cc1ccc(C(c2ccccc2F)C(C)C)cc1. The minimum Gasteiger partial charge on any atom is -0.207 e. The molecule has 0 aromatic heterocycles. The van der Waals surface area contributed by atoms with E-state index in [1.54, 1.807) is 12.1 Å². The fourth-order valence-electron chi connectivity index (χ4n) is 2.42. The molecule has 0 bridgehead atoms. The van der Waals surface area contributed by atoms with E-state index in [0.717, 1.165) is 5.56 Å². The van der Waals surface area contributed by atoms with Crippen LogP contribution in [0.25, 0.3) is 0 Å². The van der Waals surface area contributed by atoms with Gasteiger partial charge in [-0.2, -0.15) is 0 Å². The Bertz CT molecular complexity index is 511. The normalized spacial score (nSPS) is 12.7. The van der Waals surface area contributed by atoms with Gasteiger partial charge in [-0.05, 0) is 30.0 Å². The van der Waals surface area contributed by atoms with Gasteiger partial charge in [-0.25, -0.2) is 4.39 Å². The maximum atomic E-state index is 14.0. The van der Waals surface area contributed by atoms with Crippen LogP contribution in [0.2, 0.25) is 0 Å². The third-order valence-corrected chi connectivity index (χ3v) is 3.34. The minimum atomic E-state index is -0.114. The number of hydrogen-bond acceptors (Lipinski definition) is 0. The van der Waals surface area contributed by atoms with Gasteiger partial charge < -0.3 is 0 Å². The summed E-state index contributed by atoms with van der Waals surface area (Å²) in [5.74, 6) is 0.369. The molecular weight excluding hydrogens is 223 g/mol. The topological polar surface area (TPSA) is 0 Å². The molecule has 18 heavy (non-hydrogen) atoms. The molecule has 0 radical (unpaired) electrons. The maximum Gasteiger partial charge on any atom is 0.127 e. The van der Waals surface area contributed by atoms with E-state index in [1.807, 2.05) is 12.1 Å². The van der Waals surface area contributed by atoms with E-state index in [1.165, 1.54) is 11.1 Å². The minimum absolute atomic E-state index is 0.114. The highest BCUT2D eigenvalue weighted by Crippen LogP contribution is 2.33. The van der Waals surface area contributed by atoms with Crippen molar-refractivity contribution >= 4 is 0 Å². The molecule has 94 valence electrons. The van der Waals surface area contributed by atoms with E-state index >= 15 is 0 Å². The Balaban J connectivity index is 2.47. The molecule has 0 spiro atoms. The van der Waals surface area contributed by atoms with Gasteiger partial charge in [0.25, 0.3) is 0 Å². The molecule has 0 saturated heterocycles. The largest absolute Gasteiger partial charge is 0.207 e. The summed E-state index contributed by atoms with van der Waals surface area (Å²) in [7, 11) is 0. The van der Waals surface area contributed by atoms with Gasteiger partial charge in [0.05, 0.1) is 0 Å². The highest BCUT2D eigenvalue weighted by Gasteiger charge is 2.20. The number of rotatable bonds is 3. The molecule has 2 rings (SSSR count). The molecule has 0 amide bonds. The summed E-state index contributed by atoms with van der Waals surface area (Å²) in [5.41, 5.74) is 3.20. The molecule has 1 atom stereocenters. The Hall–Kier alpha value is -1.63. The zero-order valence-electron chi connectivity index (χ0n) is 11.2. The fraction of sp³-hybridized carbons (Fsp3) is 0.294. The van der Waals surface area contributed by atoms with E-state index in [9.17, 15) is 4.39 Å². The summed E-state index contributed by atoms with van der Waals surface area (Å²) < 4.78 is 14.0. The van der Waals surface area contributed by atoms with Gasteiger partial charge in [0, 0.05) is 5.92 Å². The Kier molecular flexibility index (Phi) is 3.81. The highest BCUT2D eigenvalue weighted by atomic mass is 19.1. The van der Waals surface area contributed by atoms with Crippen LogP contribution in [-0.4, -0.2) is 0 Å². The lowest BCUT2D eigenvalue weighted by atomic mass is 9.82. The standard InChI is InChI=1S/C17H19F/c1-12(2)17(14-10-8-13(3)9-11-14)15-6-4-5-7-16(15)18/h4-12,17H,1-3H3. The lowest BCUT2D eigenvalue weighted by molar-refractivity contribution is 0.523. The van der Waals surface area contributed by atoms with E-state index in [0.29, 0.717) is 5.92 Å². The van der Waals surface area contributed by atoms with Gasteiger partial charge in [-0.3, -0.25) is 0 Å². The van der Waals surface area contributed by atoms with Gasteiger partial charge in [-0.15, -0.1) is 0 Å². The number of hydrogen-bond donors (Lipinski definition) is 0. The van der Waals surface area contributed by atoms with Crippen molar-refractivity contribution in [2.24, 2.45) is 5.92 Å². The van der Waals surface area contributed by atoms with Crippen LogP contribution in [0.4, 0.5) is 4.39 Å². The van der Waals surface area contributed by atoms with Crippen LogP contribution >= 0.6 is 0 Å². The van der Waals surface area contributed by atoms with Gasteiger partial charge in [0.2, 0.25) is 0 Å². The first-order valence-electron chi connectivity index (χ1n) is 6.40. The lowest BCUT2D eigenvalue weighted by Crippen LogP contribution is -2.10. The third-order valence-electron chi connectivity index (χ3n) is 3.34. The molecule has 0 aliphatic heterocycles. The van der Waals surface area contributed by atoms with Crippen LogP contribution in [-0.2, 0) is 0 Å². The molecule has 0 nitrogen and oxygen atoms in total. The molecule has 0 N–H and O–H groups in total. The van der Waals surface area contributed by atoms with Crippen LogP contribution < -0.4 is 0 Å². The molecule has 0 aliphatic carbocycles. The molecule has 0 heterocycles. The van der Waals surface area contributed by atoms with E-state index < -0.39 is 0 Å². The zero-order valence-corrected chi connectivity index (χ0v) is 11.2. The molecule has 0 fully saturated rings. The summed E-state index contributed by atoms with van der Waals surface area (Å²) in [6.07, 6.45) is 0. The fourth-order valence-corrected chi connectivity index (χ4v) is 2.42. The Morgan fingerprint density at radius 1 is 0.889 bits per heavy atom. The first-order valence-corrected chi connectivity index (χ1v) is 6.40. The van der Waals surface area contributed by atoms with Crippen molar-refractivity contribution in [1.82, 2.24) is 0 Å². The predicted molar refractivity (Wildman–Crippen MR) is 74.3 cm³/mol. The van der Waals surface area contributed by atoms with Crippen LogP contribution in [0, 0.1) is 18.7 Å². The average molecular weight is 242 g/mol. The van der Waals surface area contributed by atoms with Crippen molar-refractivity contribution in [2.75, 3.05) is 0 Å². The van der Waals surface area contributed by atoms with Crippen LogP contribution in [0.1, 0.15) is 36.5 Å². The van der Waals surface area contributed by atoms with Crippen molar-refractivity contribution in [3.05, 3.63) is 71.0 Å². The molecule has 0 aliphatic rings. The summed E-state index contributed by atoms with van der Waals surface area (Å²) >= 11 is 0. The van der Waals surface area contributed by atoms with Crippen molar-refractivity contribution in [2.45, 2.75) is 26.7 Å². The summed E-state index contributed by atoms with van der Waals surface area (Å²) in [4.78, 5) is 0. The van der Waals surface area contributed by atoms with Gasteiger partial charge in [0.1, 0.15) is 5.82 Å². The highest BCUT2D eigenvalue weighted by molar-refractivity contribution is 5.35. The lowest BCUT2D eigenvalue weighted by Gasteiger charge is -2.22. The second kappa shape index (κ2) is 5.34. The summed E-state index contributed by atoms with van der Waals surface area (Å²) in [5, 5.41) is 0. The predicted octanol–water partition coefficient (Wildman–Crippen LogP) is 4.92. The van der Waals surface area contributed by atoms with E-state index in [-0.39, 0.29) is 11.7 Å². The maximum absolute atomic E-state index is 14.0. The Morgan fingerprint density at radius 2 is 1.50 bits per heavy atom. The third kappa shape index (κ3) is 2.61. The first-order chi connectivity index (χ1) is 8.59. The Labute approximate surface area is 108 Å². The van der Waals surface area contributed by atoms with Crippen LogP contribution in [0.5, 0.6) is 0 Å². The van der Waals surface area contributed by atoms with Gasteiger partial charge in [0.15, 0.2) is 0 Å². The molecular formula is C17H19F. The van der Waals surface area contributed by atoms with Gasteiger partial charge in [-0.1, -0.05) is 61.9 Å². The number of halogens is 1. The molecule has 2 aromatic rings. The first kappa shape index (κ1) is 12.8. The average Bonchev–Trinajstić information content (AvgIpc) is 2.34. The van der Waals surface area contributed by atoms with Crippen molar-refractivity contribution < 1.29 is 4.39 Å². The summed E-state index contributed by atoms with van der Waals surface area (Å²) in [6, 6.07) is 15.5. The van der Waals surface area contributed by atoms with E-state index in [2.05, 4.69) is 45.0 Å². The summed E-state index contributed by atoms with van der Waals surface area (Å²) in [6.45, 7) is 6.34.